The number of nitrogens with one attached hydrogen (secondary N) is 2. The van der Waals surface area contributed by atoms with Crippen LogP contribution in [-0.2, 0) is 17.9 Å². The molecule has 0 bridgehead atoms. The molecule has 0 spiro atoms. The van der Waals surface area contributed by atoms with Crippen LogP contribution in [0.3, 0.4) is 0 Å². The molecule has 7 nitrogen and oxygen atoms in total. The molecule has 2 fully saturated rings. The molecule has 0 unspecified atom stereocenters. The van der Waals surface area contributed by atoms with E-state index in [4.69, 9.17) is 28.3 Å². The molecular formula is C35H47Cl2N5O2. The van der Waals surface area contributed by atoms with Crippen LogP contribution in [0.4, 0.5) is 11.4 Å². The van der Waals surface area contributed by atoms with Crippen molar-refractivity contribution in [3.63, 3.8) is 0 Å². The van der Waals surface area contributed by atoms with Gasteiger partial charge in [-0.05, 0) is 122 Å². The van der Waals surface area contributed by atoms with E-state index < -0.39 is 5.97 Å². The first kappa shape index (κ1) is 34.1. The average molecular weight is 641 g/mol. The van der Waals surface area contributed by atoms with E-state index in [1.54, 1.807) is 6.07 Å². The second-order valence-electron chi connectivity index (χ2n) is 11.5. The van der Waals surface area contributed by atoms with E-state index in [0.717, 1.165) is 80.8 Å². The highest BCUT2D eigenvalue weighted by Crippen LogP contribution is 2.30. The van der Waals surface area contributed by atoms with Crippen molar-refractivity contribution in [2.75, 3.05) is 69.6 Å². The first-order valence-corrected chi connectivity index (χ1v) is 16.6. The zero-order chi connectivity index (χ0) is 31.5. The highest BCUT2D eigenvalue weighted by molar-refractivity contribution is 6.35. The van der Waals surface area contributed by atoms with E-state index in [-0.39, 0.29) is 6.54 Å². The van der Waals surface area contributed by atoms with Gasteiger partial charge in [0, 0.05) is 60.7 Å². The minimum absolute atomic E-state index is 0.110. The number of hydrogen-bond donors (Lipinski definition) is 3. The lowest BCUT2D eigenvalue weighted by atomic mass is 9.95. The van der Waals surface area contributed by atoms with Gasteiger partial charge in [0.15, 0.2) is 0 Å². The number of carboxylic acid groups (broad SMARTS) is 1. The zero-order valence-electron chi connectivity index (χ0n) is 26.3. The Labute approximate surface area is 273 Å². The Balaban J connectivity index is 0.00000216. The second kappa shape index (κ2) is 17.0. The Bertz CT molecular complexity index is 1320. The molecule has 238 valence electrons. The number of nitrogens with zero attached hydrogens (tertiary/aromatic N) is 3. The van der Waals surface area contributed by atoms with Gasteiger partial charge >= 0.3 is 5.97 Å². The van der Waals surface area contributed by atoms with Gasteiger partial charge in [0.05, 0.1) is 6.54 Å². The maximum atomic E-state index is 11.0. The quantitative estimate of drug-likeness (QED) is 0.210. The Morgan fingerprint density at radius 2 is 1.43 bits per heavy atom. The number of likely N-dealkylation sites (tertiary alicyclic amines) is 1. The van der Waals surface area contributed by atoms with Gasteiger partial charge in [0.25, 0.3) is 0 Å². The Morgan fingerprint density at radius 1 is 0.818 bits per heavy atom. The van der Waals surface area contributed by atoms with E-state index >= 15 is 0 Å². The van der Waals surface area contributed by atoms with Crippen molar-refractivity contribution in [2.24, 2.45) is 5.92 Å². The number of benzene rings is 3. The highest BCUT2D eigenvalue weighted by atomic mass is 35.5. The second-order valence-corrected chi connectivity index (χ2v) is 12.4. The summed E-state index contributed by atoms with van der Waals surface area (Å²) in [6.07, 6.45) is 2.46. The predicted octanol–water partition coefficient (Wildman–Crippen LogP) is 6.94. The van der Waals surface area contributed by atoms with Crippen LogP contribution in [0.2, 0.25) is 10.0 Å². The largest absolute Gasteiger partial charge is 0.480 e. The fraction of sp³-hybridized carbons (Fsp3) is 0.457. The van der Waals surface area contributed by atoms with Gasteiger partial charge in [-0.25, -0.2) is 0 Å². The van der Waals surface area contributed by atoms with Crippen molar-refractivity contribution in [2.45, 2.75) is 39.8 Å². The minimum atomic E-state index is -0.766. The summed E-state index contributed by atoms with van der Waals surface area (Å²) in [5.41, 5.74) is 6.88. The Morgan fingerprint density at radius 3 is 2.05 bits per heavy atom. The van der Waals surface area contributed by atoms with Crippen molar-refractivity contribution >= 4 is 40.5 Å². The summed E-state index contributed by atoms with van der Waals surface area (Å²) < 4.78 is 0. The molecule has 9 heteroatoms. The Hall–Kier alpha value is -2.81. The van der Waals surface area contributed by atoms with Gasteiger partial charge < -0.3 is 20.6 Å². The normalized spacial score (nSPS) is 16.3. The standard InChI is InChI=1S/C33H41Cl2N5O2.C2H6/c1-36-20-24-6-8-38(9-7-24)22-26-14-25(15-27(16-26)28-17-29(34)19-30(35)18-28)21-37-31-2-4-32(5-3-31)40-12-10-39(11-13-40)23-33(41)42;1-2/h2-5,14-19,24,36-37H,6-13,20-23H2,1H3,(H,41,42);1-2H3. The predicted molar refractivity (Wildman–Crippen MR) is 185 cm³/mol. The molecule has 44 heavy (non-hydrogen) atoms. The van der Waals surface area contributed by atoms with E-state index in [0.29, 0.717) is 16.6 Å². The summed E-state index contributed by atoms with van der Waals surface area (Å²) >= 11 is 12.7. The van der Waals surface area contributed by atoms with Crippen molar-refractivity contribution < 1.29 is 9.90 Å². The molecular weight excluding hydrogens is 593 g/mol. The molecule has 3 aromatic carbocycles. The molecule has 2 aliphatic heterocycles. The van der Waals surface area contributed by atoms with E-state index in [1.807, 2.05) is 37.9 Å². The fourth-order valence-corrected chi connectivity index (χ4v) is 6.61. The number of carbonyl (C=O) groups is 1. The third-order valence-corrected chi connectivity index (χ3v) is 8.75. The number of piperidine rings is 1. The highest BCUT2D eigenvalue weighted by Gasteiger charge is 2.20. The van der Waals surface area contributed by atoms with Crippen LogP contribution in [0.15, 0.2) is 60.7 Å². The zero-order valence-corrected chi connectivity index (χ0v) is 27.8. The topological polar surface area (TPSA) is 71.1 Å². The third kappa shape index (κ3) is 10.1. The number of carboxylic acids is 1. The first-order valence-electron chi connectivity index (χ1n) is 15.8. The lowest BCUT2D eigenvalue weighted by molar-refractivity contribution is -0.138. The minimum Gasteiger partial charge on any atom is -0.480 e. The molecule has 3 aromatic rings. The SMILES string of the molecule is CC.CNCC1CCN(Cc2cc(CNc3ccc(N4CCN(CC(=O)O)CC4)cc3)cc(-c3cc(Cl)cc(Cl)c3)c2)CC1. The third-order valence-electron chi connectivity index (χ3n) is 8.31. The molecule has 0 aliphatic carbocycles. The van der Waals surface area contributed by atoms with Crippen LogP contribution in [-0.4, -0.2) is 80.3 Å². The summed E-state index contributed by atoms with van der Waals surface area (Å²) in [5, 5.41) is 17.3. The van der Waals surface area contributed by atoms with Crippen LogP contribution < -0.4 is 15.5 Å². The first-order chi connectivity index (χ1) is 21.3. The molecule has 2 aliphatic rings. The summed E-state index contributed by atoms with van der Waals surface area (Å²) in [6.45, 7) is 12.3. The fourth-order valence-electron chi connectivity index (χ4n) is 6.09. The van der Waals surface area contributed by atoms with Crippen LogP contribution in [0.1, 0.15) is 37.8 Å². The summed E-state index contributed by atoms with van der Waals surface area (Å²) in [4.78, 5) is 17.9. The molecule has 0 radical (unpaired) electrons. The maximum Gasteiger partial charge on any atom is 0.317 e. The van der Waals surface area contributed by atoms with Crippen LogP contribution in [0, 0.1) is 5.92 Å². The van der Waals surface area contributed by atoms with Crippen LogP contribution in [0.5, 0.6) is 0 Å². The van der Waals surface area contributed by atoms with Crippen molar-refractivity contribution in [3.8, 4) is 11.1 Å². The van der Waals surface area contributed by atoms with E-state index in [9.17, 15) is 4.79 Å². The number of piperazine rings is 1. The van der Waals surface area contributed by atoms with Gasteiger partial charge in [0.1, 0.15) is 0 Å². The molecule has 0 saturated carbocycles. The number of hydrogen-bond acceptors (Lipinski definition) is 6. The summed E-state index contributed by atoms with van der Waals surface area (Å²) in [6, 6.07) is 21.1. The van der Waals surface area contributed by atoms with E-state index in [2.05, 4.69) is 62.9 Å². The molecule has 5 rings (SSSR count). The maximum absolute atomic E-state index is 11.0. The number of halogens is 2. The van der Waals surface area contributed by atoms with Gasteiger partial charge in [-0.15, -0.1) is 0 Å². The van der Waals surface area contributed by atoms with Gasteiger partial charge in [-0.2, -0.15) is 0 Å². The molecule has 0 amide bonds. The van der Waals surface area contributed by atoms with Gasteiger partial charge in [-0.1, -0.05) is 43.1 Å². The number of aliphatic carboxylic acids is 1. The lowest BCUT2D eigenvalue weighted by Crippen LogP contribution is -2.47. The number of rotatable bonds is 11. The molecule has 0 atom stereocenters. The van der Waals surface area contributed by atoms with Crippen molar-refractivity contribution in [3.05, 3.63) is 81.8 Å². The van der Waals surface area contributed by atoms with Crippen molar-refractivity contribution in [1.82, 2.24) is 15.1 Å². The molecule has 2 saturated heterocycles. The Kier molecular flexibility index (Phi) is 13.2. The lowest BCUT2D eigenvalue weighted by Gasteiger charge is -2.35. The molecule has 2 heterocycles. The van der Waals surface area contributed by atoms with Crippen LogP contribution >= 0.6 is 23.2 Å². The van der Waals surface area contributed by atoms with Gasteiger partial charge in [-0.3, -0.25) is 14.6 Å². The molecule has 0 aromatic heterocycles. The van der Waals surface area contributed by atoms with Crippen molar-refractivity contribution in [1.29, 1.82) is 0 Å². The van der Waals surface area contributed by atoms with Crippen LogP contribution in [0.25, 0.3) is 11.1 Å². The monoisotopic (exact) mass is 639 g/mol. The smallest absolute Gasteiger partial charge is 0.317 e. The number of anilines is 2. The average Bonchev–Trinajstić information content (AvgIpc) is 3.02. The molecule has 3 N–H and O–H groups in total. The summed E-state index contributed by atoms with van der Waals surface area (Å²) in [7, 11) is 2.04. The van der Waals surface area contributed by atoms with E-state index in [1.165, 1.54) is 24.0 Å². The van der Waals surface area contributed by atoms with Gasteiger partial charge in [0.2, 0.25) is 0 Å². The summed E-state index contributed by atoms with van der Waals surface area (Å²) in [5.74, 6) is -0.00316.